The molecule has 9 heteroatoms. The van der Waals surface area contributed by atoms with E-state index in [0.717, 1.165) is 29.9 Å². The van der Waals surface area contributed by atoms with Gasteiger partial charge in [-0.05, 0) is 61.7 Å². The van der Waals surface area contributed by atoms with E-state index >= 15 is 0 Å². The van der Waals surface area contributed by atoms with Crippen molar-refractivity contribution < 1.29 is 23.8 Å². The van der Waals surface area contributed by atoms with Crippen LogP contribution < -0.4 is 24.8 Å². The minimum Gasteiger partial charge on any atom is -0.494 e. The highest BCUT2D eigenvalue weighted by Gasteiger charge is 2.38. The Labute approximate surface area is 209 Å². The van der Waals surface area contributed by atoms with Gasteiger partial charge in [-0.2, -0.15) is 5.10 Å². The highest BCUT2D eigenvalue weighted by molar-refractivity contribution is 6.08. The molecule has 0 spiro atoms. The second-order valence-electron chi connectivity index (χ2n) is 8.57. The highest BCUT2D eigenvalue weighted by atomic mass is 16.5. The average Bonchev–Trinajstić information content (AvgIpc) is 3.32. The Hall–Kier alpha value is -4.27. The van der Waals surface area contributed by atoms with E-state index in [1.165, 1.54) is 6.20 Å². The van der Waals surface area contributed by atoms with E-state index in [2.05, 4.69) is 15.7 Å². The van der Waals surface area contributed by atoms with Crippen LogP contribution in [0.3, 0.4) is 0 Å². The van der Waals surface area contributed by atoms with Gasteiger partial charge in [0.1, 0.15) is 23.2 Å². The van der Waals surface area contributed by atoms with Gasteiger partial charge in [-0.15, -0.1) is 0 Å². The average molecular weight is 489 g/mol. The second kappa shape index (κ2) is 9.77. The number of aromatic nitrogens is 2. The zero-order valence-electron chi connectivity index (χ0n) is 20.5. The van der Waals surface area contributed by atoms with Crippen LogP contribution in [0.4, 0.5) is 11.5 Å². The largest absolute Gasteiger partial charge is 0.494 e. The van der Waals surface area contributed by atoms with E-state index in [-0.39, 0.29) is 11.7 Å². The zero-order chi connectivity index (χ0) is 25.2. The number of allylic oxidation sites excluding steroid dienone is 2. The van der Waals surface area contributed by atoms with Crippen molar-refractivity contribution in [2.24, 2.45) is 0 Å². The van der Waals surface area contributed by atoms with Gasteiger partial charge < -0.3 is 24.8 Å². The minimum atomic E-state index is -0.490. The Bertz CT molecular complexity index is 1340. The fourth-order valence-electron chi connectivity index (χ4n) is 4.76. The van der Waals surface area contributed by atoms with Gasteiger partial charge in [0.25, 0.3) is 5.91 Å². The Morgan fingerprint density at radius 3 is 2.61 bits per heavy atom. The number of fused-ring (bicyclic) bond motifs is 1. The van der Waals surface area contributed by atoms with Gasteiger partial charge in [0.05, 0.1) is 27.0 Å². The van der Waals surface area contributed by atoms with Crippen LogP contribution in [0.5, 0.6) is 17.2 Å². The van der Waals surface area contributed by atoms with Crippen molar-refractivity contribution in [3.8, 4) is 17.2 Å². The number of nitrogens with zero attached hydrogens (tertiary/aromatic N) is 2. The van der Waals surface area contributed by atoms with Crippen molar-refractivity contribution in [1.82, 2.24) is 9.78 Å². The number of anilines is 2. The quantitative estimate of drug-likeness (QED) is 0.502. The third kappa shape index (κ3) is 4.17. The predicted octanol–water partition coefficient (Wildman–Crippen LogP) is 4.57. The Kier molecular flexibility index (Phi) is 6.37. The van der Waals surface area contributed by atoms with Crippen LogP contribution in [-0.2, 0) is 4.79 Å². The van der Waals surface area contributed by atoms with E-state index in [9.17, 15) is 9.59 Å². The number of hydrogen-bond acceptors (Lipinski definition) is 7. The fourth-order valence-corrected chi connectivity index (χ4v) is 4.76. The number of methoxy groups -OCH3 is 2. The monoisotopic (exact) mass is 488 g/mol. The molecule has 3 aromatic rings. The molecule has 0 saturated heterocycles. The summed E-state index contributed by atoms with van der Waals surface area (Å²) < 4.78 is 18.1. The number of nitrogens with one attached hydrogen (secondary N) is 2. The maximum Gasteiger partial charge on any atom is 0.261 e. The van der Waals surface area contributed by atoms with Crippen LogP contribution in [0, 0.1) is 0 Å². The number of amides is 1. The van der Waals surface area contributed by atoms with E-state index in [1.807, 2.05) is 37.3 Å². The molecule has 2 N–H and O–H groups in total. The number of carbonyl (C=O) groups excluding carboxylic acids is 2. The smallest absolute Gasteiger partial charge is 0.261 e. The van der Waals surface area contributed by atoms with Crippen molar-refractivity contribution in [1.29, 1.82) is 0 Å². The van der Waals surface area contributed by atoms with E-state index in [0.29, 0.717) is 47.2 Å². The highest BCUT2D eigenvalue weighted by Crippen LogP contribution is 2.43. The second-order valence-corrected chi connectivity index (χ2v) is 8.57. The molecule has 0 bridgehead atoms. The lowest BCUT2D eigenvalue weighted by atomic mass is 9.85. The summed E-state index contributed by atoms with van der Waals surface area (Å²) in [4.78, 5) is 26.3. The van der Waals surface area contributed by atoms with Gasteiger partial charge in [0.2, 0.25) is 0 Å². The molecule has 2 heterocycles. The normalized spacial score (nSPS) is 16.5. The van der Waals surface area contributed by atoms with Crippen LogP contribution in [-0.4, -0.2) is 42.3 Å². The first-order chi connectivity index (χ1) is 17.5. The van der Waals surface area contributed by atoms with Crippen LogP contribution in [0.1, 0.15) is 48.1 Å². The van der Waals surface area contributed by atoms with Crippen LogP contribution >= 0.6 is 0 Å². The first kappa shape index (κ1) is 23.5. The molecule has 0 saturated carbocycles. The topological polar surface area (TPSA) is 104 Å². The molecular weight excluding hydrogens is 460 g/mol. The number of Topliss-reactive ketones (excluding diaryl/α,β-unsaturated/α-hetero) is 1. The van der Waals surface area contributed by atoms with Crippen LogP contribution in [0.2, 0.25) is 0 Å². The summed E-state index contributed by atoms with van der Waals surface area (Å²) >= 11 is 0. The van der Waals surface area contributed by atoms with E-state index < -0.39 is 6.04 Å². The summed E-state index contributed by atoms with van der Waals surface area (Å²) in [5.74, 6) is 2.21. The minimum absolute atomic E-state index is 0.0741. The van der Waals surface area contributed by atoms with Crippen molar-refractivity contribution >= 4 is 23.2 Å². The molecular formula is C27H28N4O5. The van der Waals surface area contributed by atoms with Gasteiger partial charge in [-0.3, -0.25) is 9.59 Å². The lowest BCUT2D eigenvalue weighted by Crippen LogP contribution is -2.32. The zero-order valence-corrected chi connectivity index (χ0v) is 20.5. The molecule has 0 unspecified atom stereocenters. The predicted molar refractivity (Wildman–Crippen MR) is 135 cm³/mol. The number of hydrogen-bond donors (Lipinski definition) is 2. The molecule has 1 aliphatic heterocycles. The van der Waals surface area contributed by atoms with Crippen molar-refractivity contribution in [3.63, 3.8) is 0 Å². The molecule has 0 radical (unpaired) electrons. The first-order valence-electron chi connectivity index (χ1n) is 11.9. The molecule has 9 nitrogen and oxygen atoms in total. The third-order valence-corrected chi connectivity index (χ3v) is 6.43. The Morgan fingerprint density at radius 1 is 1.11 bits per heavy atom. The maximum atomic E-state index is 13.3. The van der Waals surface area contributed by atoms with Crippen molar-refractivity contribution in [2.75, 3.05) is 31.5 Å². The fraction of sp³-hybridized carbons (Fsp3) is 0.296. The molecule has 1 atom stereocenters. The lowest BCUT2D eigenvalue weighted by molar-refractivity contribution is -0.116. The molecule has 2 aromatic carbocycles. The molecule has 1 amide bonds. The number of ketones is 1. The van der Waals surface area contributed by atoms with E-state index in [1.54, 1.807) is 31.0 Å². The van der Waals surface area contributed by atoms with Crippen LogP contribution in [0.15, 0.2) is 59.9 Å². The summed E-state index contributed by atoms with van der Waals surface area (Å²) in [5, 5.41) is 10.8. The Balaban J connectivity index is 1.52. The number of benzene rings is 2. The molecule has 5 rings (SSSR count). The summed E-state index contributed by atoms with van der Waals surface area (Å²) in [7, 11) is 3.15. The van der Waals surface area contributed by atoms with Gasteiger partial charge in [-0.1, -0.05) is 6.07 Å². The SMILES string of the molecule is CCOc1ccc(NC(=O)c2cnn3c2NC2=C(C(=O)CCC2)[C@@H]3c2ccc(OC)c(OC)c2)cc1. The third-order valence-electron chi connectivity index (χ3n) is 6.43. The van der Waals surface area contributed by atoms with Crippen LogP contribution in [0.25, 0.3) is 0 Å². The summed E-state index contributed by atoms with van der Waals surface area (Å²) in [6, 6.07) is 12.3. The van der Waals surface area contributed by atoms with Gasteiger partial charge in [-0.25, -0.2) is 4.68 Å². The Morgan fingerprint density at radius 2 is 1.89 bits per heavy atom. The molecule has 1 aliphatic carbocycles. The molecule has 186 valence electrons. The molecule has 0 fully saturated rings. The van der Waals surface area contributed by atoms with Gasteiger partial charge in [0.15, 0.2) is 17.3 Å². The summed E-state index contributed by atoms with van der Waals surface area (Å²) in [6.45, 7) is 2.49. The molecule has 36 heavy (non-hydrogen) atoms. The number of carbonyl (C=O) groups is 2. The molecule has 1 aromatic heterocycles. The number of rotatable bonds is 7. The lowest BCUT2D eigenvalue weighted by Gasteiger charge is -2.33. The summed E-state index contributed by atoms with van der Waals surface area (Å²) in [6.07, 6.45) is 3.48. The van der Waals surface area contributed by atoms with Crippen molar-refractivity contribution in [2.45, 2.75) is 32.2 Å². The van der Waals surface area contributed by atoms with E-state index in [4.69, 9.17) is 14.2 Å². The van der Waals surface area contributed by atoms with Gasteiger partial charge >= 0.3 is 0 Å². The molecule has 2 aliphatic rings. The first-order valence-corrected chi connectivity index (χ1v) is 11.9. The van der Waals surface area contributed by atoms with Gasteiger partial charge in [0, 0.05) is 23.4 Å². The standard InChI is InChI=1S/C27H28N4O5/c1-4-36-18-11-9-17(10-12-18)29-27(33)19-15-28-31-25(16-8-13-22(34-2)23(14-16)35-3)24-20(30-26(19)31)6-5-7-21(24)32/h8-15,25,30H,4-7H2,1-3H3,(H,29,33)/t25-/m0/s1. The maximum absolute atomic E-state index is 13.3. The van der Waals surface area contributed by atoms with Crippen molar-refractivity contribution in [3.05, 3.63) is 71.1 Å². The summed E-state index contributed by atoms with van der Waals surface area (Å²) in [5.41, 5.74) is 3.35. The number of ether oxygens (including phenoxy) is 3.